The summed E-state index contributed by atoms with van der Waals surface area (Å²) >= 11 is 1.51. The van der Waals surface area contributed by atoms with Crippen LogP contribution in [0.5, 0.6) is 0 Å². The zero-order valence-electron chi connectivity index (χ0n) is 6.55. The third-order valence-electron chi connectivity index (χ3n) is 1.22. The summed E-state index contributed by atoms with van der Waals surface area (Å²) in [5.74, 6) is 0. The van der Waals surface area contributed by atoms with E-state index in [1.165, 1.54) is 26.1 Å². The molecule has 0 atom stereocenters. The van der Waals surface area contributed by atoms with Crippen LogP contribution in [0.15, 0.2) is 54.6 Å². The summed E-state index contributed by atoms with van der Waals surface area (Å²) in [5.41, 5.74) is 0. The quantitative estimate of drug-likeness (QED) is 0.512. The molecule has 0 aliphatic carbocycles. The average Bonchev–Trinajstić information content (AvgIpc) is 2.57. The Hall–Kier alpha value is 0.0182. The second-order valence-corrected chi connectivity index (χ2v) is 3.78. The molecule has 0 saturated heterocycles. The minimum atomic E-state index is 0. The fraction of sp³-hybridized carbons (Fsp3) is 0. The first-order valence-electron chi connectivity index (χ1n) is 3.49. The molecular weight excluding hydrogens is 295 g/mol. The molecule has 67 valence electrons. The van der Waals surface area contributed by atoms with Gasteiger partial charge in [0.05, 0.1) is 0 Å². The third kappa shape index (κ3) is 5.64. The Morgan fingerprint density at radius 1 is 0.833 bits per heavy atom. The van der Waals surface area contributed by atoms with Crippen molar-refractivity contribution in [3.8, 4) is 0 Å². The smallest absolute Gasteiger partial charge is 0.748 e. The maximum atomic E-state index is 2.12. The molecule has 0 aliphatic rings. The standard InChI is InChI=1S/C5H5.C5H4.Fe.Sn/c2*1-2-4-5-3-1;;/h1-5H;1-4H;;/q-5;-1;;. The van der Waals surface area contributed by atoms with E-state index in [-0.39, 0.29) is 17.1 Å². The van der Waals surface area contributed by atoms with Gasteiger partial charge in [-0.15, -0.1) is 0 Å². The van der Waals surface area contributed by atoms with Crippen LogP contribution in [0.4, 0.5) is 0 Å². The molecular formula is C10H9FeSn-6. The van der Waals surface area contributed by atoms with Crippen LogP contribution < -0.4 is 3.58 Å². The molecule has 2 aromatic carbocycles. The number of hydrogen-bond acceptors (Lipinski definition) is 0. The zero-order chi connectivity index (χ0) is 7.94. The van der Waals surface area contributed by atoms with Crippen LogP contribution in [0.3, 0.4) is 0 Å². The van der Waals surface area contributed by atoms with Gasteiger partial charge in [0.25, 0.3) is 0 Å². The van der Waals surface area contributed by atoms with Crippen molar-refractivity contribution >= 4 is 26.1 Å². The Bertz CT molecular complexity index is 228. The SMILES string of the molecule is [Fe].[Sn][c-]1cccc1.[cH-]1[cH-][cH-][cH-][cH-]1. The first-order valence-corrected chi connectivity index (χ1v) is 4.92. The molecule has 0 N–H and O–H groups in total. The fourth-order valence-electron chi connectivity index (χ4n) is 0.695. The van der Waals surface area contributed by atoms with E-state index in [0.717, 1.165) is 0 Å². The second kappa shape index (κ2) is 7.66. The normalized spacial score (nSPS) is 7.75. The van der Waals surface area contributed by atoms with E-state index >= 15 is 0 Å². The topological polar surface area (TPSA) is 0 Å². The molecule has 0 spiro atoms. The molecule has 12 heavy (non-hydrogen) atoms. The van der Waals surface area contributed by atoms with Crippen LogP contribution in [0.1, 0.15) is 0 Å². The molecule has 0 nitrogen and oxygen atoms in total. The van der Waals surface area contributed by atoms with Gasteiger partial charge in [0.2, 0.25) is 0 Å². The van der Waals surface area contributed by atoms with E-state index in [0.29, 0.717) is 0 Å². The summed E-state index contributed by atoms with van der Waals surface area (Å²) in [6.07, 6.45) is 0. The largest absolute Gasteiger partial charge is 0.748 e. The Morgan fingerprint density at radius 3 is 1.33 bits per heavy atom. The van der Waals surface area contributed by atoms with Gasteiger partial charge in [0, 0.05) is 17.1 Å². The average molecular weight is 304 g/mol. The van der Waals surface area contributed by atoms with Gasteiger partial charge in [-0.25, -0.2) is 0 Å². The van der Waals surface area contributed by atoms with E-state index in [1.54, 1.807) is 0 Å². The van der Waals surface area contributed by atoms with Gasteiger partial charge in [0.15, 0.2) is 0 Å². The van der Waals surface area contributed by atoms with E-state index in [2.05, 4.69) is 24.3 Å². The molecule has 2 rings (SSSR count). The maximum absolute atomic E-state index is 2.12. The van der Waals surface area contributed by atoms with Gasteiger partial charge in [-0.2, -0.15) is 0 Å². The maximum Gasteiger partial charge on any atom is -0.748 e. The molecule has 0 heterocycles. The summed E-state index contributed by atoms with van der Waals surface area (Å²) in [5, 5.41) is 0. The van der Waals surface area contributed by atoms with Gasteiger partial charge in [-0.05, 0) is 0 Å². The monoisotopic (exact) mass is 305 g/mol. The Balaban J connectivity index is 0.000000189. The molecule has 0 aromatic heterocycles. The predicted octanol–water partition coefficient (Wildman–Crippen LogP) is 1.60. The molecule has 0 bridgehead atoms. The van der Waals surface area contributed by atoms with Crippen LogP contribution in [-0.4, -0.2) is 22.5 Å². The van der Waals surface area contributed by atoms with Crippen molar-refractivity contribution in [2.24, 2.45) is 0 Å². The third-order valence-corrected chi connectivity index (χ3v) is 2.17. The van der Waals surface area contributed by atoms with E-state index in [1.807, 2.05) is 30.3 Å². The molecule has 3 radical (unpaired) electrons. The van der Waals surface area contributed by atoms with Crippen LogP contribution in [0.25, 0.3) is 0 Å². The van der Waals surface area contributed by atoms with Crippen molar-refractivity contribution in [3.05, 3.63) is 54.6 Å². The zero-order valence-corrected chi connectivity index (χ0v) is 10.5. The van der Waals surface area contributed by atoms with Crippen LogP contribution in [0.2, 0.25) is 0 Å². The Morgan fingerprint density at radius 2 is 1.17 bits per heavy atom. The summed E-state index contributed by atoms with van der Waals surface area (Å²) < 4.78 is 1.43. The minimum Gasteiger partial charge on any atom is -0.748 e. The van der Waals surface area contributed by atoms with Crippen molar-refractivity contribution in [1.82, 2.24) is 0 Å². The van der Waals surface area contributed by atoms with Gasteiger partial charge in [-0.1, -0.05) is 0 Å². The Labute approximate surface area is 97.3 Å². The van der Waals surface area contributed by atoms with Crippen molar-refractivity contribution in [2.45, 2.75) is 0 Å². The van der Waals surface area contributed by atoms with Crippen molar-refractivity contribution < 1.29 is 17.1 Å². The first kappa shape index (κ1) is 12.0. The first-order chi connectivity index (χ1) is 5.39. The van der Waals surface area contributed by atoms with E-state index < -0.39 is 0 Å². The summed E-state index contributed by atoms with van der Waals surface area (Å²) in [6.45, 7) is 0. The molecule has 2 aromatic rings. The van der Waals surface area contributed by atoms with Crippen LogP contribution in [0, 0.1) is 0 Å². The van der Waals surface area contributed by atoms with Crippen molar-refractivity contribution in [1.29, 1.82) is 0 Å². The van der Waals surface area contributed by atoms with Gasteiger partial charge in [-0.3, -0.25) is 0 Å². The minimum absolute atomic E-state index is 0. The Kier molecular flexibility index (Phi) is 7.67. The molecule has 0 amide bonds. The van der Waals surface area contributed by atoms with Gasteiger partial charge in [0.1, 0.15) is 0 Å². The summed E-state index contributed by atoms with van der Waals surface area (Å²) in [7, 11) is 0. The summed E-state index contributed by atoms with van der Waals surface area (Å²) in [6, 6.07) is 18.4. The van der Waals surface area contributed by atoms with Crippen molar-refractivity contribution in [2.75, 3.05) is 0 Å². The van der Waals surface area contributed by atoms with E-state index in [4.69, 9.17) is 0 Å². The predicted molar refractivity (Wildman–Crippen MR) is 49.5 cm³/mol. The molecule has 2 heteroatoms. The number of hydrogen-bond donors (Lipinski definition) is 0. The van der Waals surface area contributed by atoms with Gasteiger partial charge >= 0.3 is 50.4 Å². The van der Waals surface area contributed by atoms with Crippen molar-refractivity contribution in [3.63, 3.8) is 0 Å². The van der Waals surface area contributed by atoms with Crippen LogP contribution in [-0.2, 0) is 17.1 Å². The summed E-state index contributed by atoms with van der Waals surface area (Å²) in [4.78, 5) is 0. The fourth-order valence-corrected chi connectivity index (χ4v) is 1.24. The molecule has 0 fully saturated rings. The molecule has 0 unspecified atom stereocenters. The van der Waals surface area contributed by atoms with Gasteiger partial charge < -0.3 is 30.3 Å². The second-order valence-electron chi connectivity index (χ2n) is 2.14. The van der Waals surface area contributed by atoms with Crippen LogP contribution >= 0.6 is 0 Å². The van der Waals surface area contributed by atoms with E-state index in [9.17, 15) is 0 Å². The molecule has 0 aliphatic heterocycles. The number of rotatable bonds is 0. The molecule has 0 saturated carbocycles.